The molecule has 12 aromatic rings. The van der Waals surface area contributed by atoms with Crippen LogP contribution >= 0.6 is 22.7 Å². The molecule has 0 spiro atoms. The van der Waals surface area contributed by atoms with Crippen LogP contribution in [0.15, 0.2) is 245 Å². The molecule has 5 heterocycles. The van der Waals surface area contributed by atoms with Crippen molar-refractivity contribution in [3.05, 3.63) is 269 Å². The second kappa shape index (κ2) is 22.6. The Morgan fingerprint density at radius 2 is 0.800 bits per heavy atom. The van der Waals surface area contributed by atoms with Crippen LogP contribution in [0.4, 0.5) is 34.1 Å². The van der Waals surface area contributed by atoms with Gasteiger partial charge < -0.3 is 28.8 Å². The first-order valence-corrected chi connectivity index (χ1v) is 27.0. The van der Waals surface area contributed by atoms with Gasteiger partial charge in [-0.05, 0) is 164 Å². The van der Waals surface area contributed by atoms with E-state index >= 15 is 0 Å². The summed E-state index contributed by atoms with van der Waals surface area (Å²) in [7, 11) is 0. The minimum absolute atomic E-state index is 0.0843. The van der Waals surface area contributed by atoms with E-state index in [1.54, 1.807) is 0 Å². The van der Waals surface area contributed by atoms with Crippen molar-refractivity contribution in [2.75, 3.05) is 9.80 Å². The Kier molecular flexibility index (Phi) is 14.2. The Hall–Kier alpha value is -10.5. The molecule has 0 atom stereocenters. The number of aromatic nitrogens is 3. The van der Waals surface area contributed by atoms with E-state index in [2.05, 4.69) is 82.6 Å². The van der Waals surface area contributed by atoms with Gasteiger partial charge in [-0.15, -0.1) is 22.7 Å². The number of para-hydroxylation sites is 4. The van der Waals surface area contributed by atoms with Crippen LogP contribution < -0.4 is 9.80 Å². The fraction of sp³-hybridized carbons (Fsp3) is 0. The lowest BCUT2D eigenvalue weighted by Gasteiger charge is -2.25. The number of rotatable bonds is 17. The van der Waals surface area contributed by atoms with E-state index < -0.39 is 11.9 Å². The molecule has 11 nitrogen and oxygen atoms in total. The molecule has 13 heteroatoms. The highest BCUT2D eigenvalue weighted by Crippen LogP contribution is 2.40. The minimum Gasteiger partial charge on any atom is -0.478 e. The number of benzene rings is 7. The molecule has 0 aliphatic rings. The first-order valence-electron chi connectivity index (χ1n) is 25.4. The fourth-order valence-corrected chi connectivity index (χ4v) is 10.9. The highest BCUT2D eigenvalue weighted by atomic mass is 32.1. The van der Waals surface area contributed by atoms with Crippen LogP contribution in [-0.2, 0) is 0 Å². The number of anilines is 6. The van der Waals surface area contributed by atoms with Crippen molar-refractivity contribution >= 4 is 93.0 Å². The Morgan fingerprint density at radius 1 is 0.388 bits per heavy atom. The fourth-order valence-electron chi connectivity index (χ4n) is 9.21. The van der Waals surface area contributed by atoms with Crippen molar-refractivity contribution in [3.8, 4) is 55.4 Å². The summed E-state index contributed by atoms with van der Waals surface area (Å²) in [5, 5.41) is 20.0. The normalized spacial score (nSPS) is 11.3. The third kappa shape index (κ3) is 11.0. The van der Waals surface area contributed by atoms with Gasteiger partial charge in [0.2, 0.25) is 0 Å². The van der Waals surface area contributed by atoms with Crippen LogP contribution in [0, 0.1) is 0 Å². The average Bonchev–Trinajstić information content (AvgIpc) is 4.37. The van der Waals surface area contributed by atoms with Crippen LogP contribution in [-0.4, -0.2) is 37.1 Å². The predicted octanol–water partition coefficient (Wildman–Crippen LogP) is 18.2. The second-order valence-corrected chi connectivity index (χ2v) is 20.5. The molecule has 80 heavy (non-hydrogen) atoms. The Morgan fingerprint density at radius 3 is 1.21 bits per heavy atom. The maximum atomic E-state index is 12.6. The van der Waals surface area contributed by atoms with Crippen LogP contribution in [0.2, 0.25) is 0 Å². The zero-order valence-electron chi connectivity index (χ0n) is 42.4. The van der Waals surface area contributed by atoms with E-state index in [-0.39, 0.29) is 22.5 Å². The molecule has 0 saturated carbocycles. The van der Waals surface area contributed by atoms with Gasteiger partial charge in [0.05, 0.1) is 20.9 Å². The second-order valence-electron chi connectivity index (χ2n) is 18.3. The number of furan rings is 2. The minimum atomic E-state index is -1.32. The summed E-state index contributed by atoms with van der Waals surface area (Å²) in [6.45, 7) is 0. The van der Waals surface area contributed by atoms with E-state index in [1.807, 2.05) is 170 Å². The molecule has 0 amide bonds. The van der Waals surface area contributed by atoms with Crippen molar-refractivity contribution in [1.82, 2.24) is 15.0 Å². The molecule has 0 unspecified atom stereocenters. The van der Waals surface area contributed by atoms with Crippen LogP contribution in [0.3, 0.4) is 0 Å². The van der Waals surface area contributed by atoms with Gasteiger partial charge >= 0.3 is 11.9 Å². The molecule has 2 N–H and O–H groups in total. The Bertz CT molecular complexity index is 3910. The highest BCUT2D eigenvalue weighted by molar-refractivity contribution is 7.16. The molecule has 0 aliphatic carbocycles. The van der Waals surface area contributed by atoms with E-state index in [1.165, 1.54) is 34.8 Å². The van der Waals surface area contributed by atoms with Gasteiger partial charge in [-0.3, -0.25) is 0 Å². The van der Waals surface area contributed by atoms with Crippen molar-refractivity contribution in [2.45, 2.75) is 0 Å². The smallest absolute Gasteiger partial charge is 0.336 e. The molecular formula is C67H45N5O6S2. The zero-order valence-corrected chi connectivity index (χ0v) is 44.0. The predicted molar refractivity (Wildman–Crippen MR) is 321 cm³/mol. The molecule has 12 rings (SSSR count). The third-order valence-corrected chi connectivity index (χ3v) is 15.1. The quantitative estimate of drug-likeness (QED) is 0.0898. The first-order chi connectivity index (χ1) is 39.3. The number of thiophene rings is 2. The molecule has 0 aliphatic heterocycles. The molecule has 0 saturated heterocycles. The molecular weight excluding hydrogens is 1030 g/mol. The topological polar surface area (TPSA) is 146 Å². The van der Waals surface area contributed by atoms with Gasteiger partial charge in [0, 0.05) is 60.6 Å². The molecule has 0 bridgehead atoms. The van der Waals surface area contributed by atoms with E-state index in [0.29, 0.717) is 32.9 Å². The molecule has 5 aromatic heterocycles. The van der Waals surface area contributed by atoms with Crippen molar-refractivity contribution in [2.24, 2.45) is 0 Å². The maximum Gasteiger partial charge on any atom is 0.336 e. The summed E-state index contributed by atoms with van der Waals surface area (Å²) in [5.41, 5.74) is 7.73. The SMILES string of the molecule is O=C(O)c1ccc(-c2nc(-c3ccc(/C=C/c4ccc(-c5cccc(N(c6ccccc6)c6ccccc6)c5)o4)s3)nc(-c3ccc(/C=C/c4ccc(-c5cccc(N(c6ccccc6)c6ccccc6)c5)o4)s3)n2)c(C(=O)O)c1. The lowest BCUT2D eigenvalue weighted by Crippen LogP contribution is -2.09. The number of aromatic carboxylic acids is 2. The van der Waals surface area contributed by atoms with E-state index in [0.717, 1.165) is 72.6 Å². The summed E-state index contributed by atoms with van der Waals surface area (Å²) < 4.78 is 12.8. The maximum absolute atomic E-state index is 12.6. The number of carbonyl (C=O) groups is 2. The van der Waals surface area contributed by atoms with Gasteiger partial charge in [0.15, 0.2) is 17.5 Å². The number of hydrogen-bond acceptors (Lipinski definition) is 11. The monoisotopic (exact) mass is 1080 g/mol. The van der Waals surface area contributed by atoms with Gasteiger partial charge in [0.1, 0.15) is 23.0 Å². The summed E-state index contributed by atoms with van der Waals surface area (Å²) in [6.07, 6.45) is 7.73. The Labute approximate surface area is 468 Å². The number of carboxylic acid groups (broad SMARTS) is 2. The van der Waals surface area contributed by atoms with Crippen LogP contribution in [0.1, 0.15) is 42.0 Å². The highest BCUT2D eigenvalue weighted by Gasteiger charge is 2.22. The average molecular weight is 1080 g/mol. The van der Waals surface area contributed by atoms with Crippen molar-refractivity contribution in [1.29, 1.82) is 0 Å². The molecule has 7 aromatic carbocycles. The van der Waals surface area contributed by atoms with E-state index in [4.69, 9.17) is 23.8 Å². The van der Waals surface area contributed by atoms with Gasteiger partial charge in [0.25, 0.3) is 0 Å². The zero-order chi connectivity index (χ0) is 54.4. The van der Waals surface area contributed by atoms with E-state index in [9.17, 15) is 19.8 Å². The summed E-state index contributed by atoms with van der Waals surface area (Å²) in [5.74, 6) is 0.919. The molecule has 386 valence electrons. The van der Waals surface area contributed by atoms with Crippen molar-refractivity contribution < 1.29 is 28.6 Å². The first kappa shape index (κ1) is 50.4. The van der Waals surface area contributed by atoms with Crippen molar-refractivity contribution in [3.63, 3.8) is 0 Å². The summed E-state index contributed by atoms with van der Waals surface area (Å²) >= 11 is 2.89. The lowest BCUT2D eigenvalue weighted by molar-refractivity contribution is 0.0696. The molecule has 0 radical (unpaired) electrons. The number of nitrogens with zero attached hydrogens (tertiary/aromatic N) is 5. The largest absolute Gasteiger partial charge is 0.478 e. The van der Waals surface area contributed by atoms with Gasteiger partial charge in [-0.1, -0.05) is 97.1 Å². The third-order valence-electron chi connectivity index (χ3n) is 13.0. The number of hydrogen-bond donors (Lipinski definition) is 2. The lowest BCUT2D eigenvalue weighted by atomic mass is 10.0. The summed E-state index contributed by atoms with van der Waals surface area (Å²) in [4.78, 5) is 46.7. The standard InChI is InChI=1S/C67H45N5O6S2/c73-66(74)46-27-36-57(58(43-46)67(75)76)63-68-64(61-39-34-55(79-61)32-28-53-30-37-59(77-53)44-15-13-25-51(41-44)71(47-17-5-1-6-18-47)48-19-7-2-8-20-48)70-65(69-63)62-40-35-56(80-62)33-29-54-31-38-60(78-54)45-16-14-26-52(42-45)72(49-21-9-3-10-22-49)50-23-11-4-12-24-50/h1-43H,(H,73,74)(H,75,76)/b32-28+,33-29+. The molecule has 0 fully saturated rings. The number of carboxylic acids is 2. The van der Waals surface area contributed by atoms with Gasteiger partial charge in [-0.25, -0.2) is 24.5 Å². The van der Waals surface area contributed by atoms with Gasteiger partial charge in [-0.2, -0.15) is 0 Å². The van der Waals surface area contributed by atoms with Crippen LogP contribution in [0.5, 0.6) is 0 Å². The Balaban J connectivity index is 0.806. The summed E-state index contributed by atoms with van der Waals surface area (Å²) in [6, 6.07) is 76.9. The van der Waals surface area contributed by atoms with Crippen LogP contribution in [0.25, 0.3) is 79.7 Å².